The SMILES string of the molecule is C#CCN1C(=O)[C@]2(N[C@H](C)[C@@H]3C(=O)N(c4ccccc4OC)C(=O)[C@H]32)c2ccccc21. The molecule has 2 fully saturated rings. The van der Waals surface area contributed by atoms with Crippen molar-refractivity contribution in [3.63, 3.8) is 0 Å². The Morgan fingerprint density at radius 1 is 1.06 bits per heavy atom. The second kappa shape index (κ2) is 6.69. The van der Waals surface area contributed by atoms with E-state index in [0.717, 1.165) is 0 Å². The van der Waals surface area contributed by atoms with Crippen LogP contribution in [0.1, 0.15) is 12.5 Å². The van der Waals surface area contributed by atoms with Crippen molar-refractivity contribution < 1.29 is 19.1 Å². The molecule has 0 radical (unpaired) electrons. The van der Waals surface area contributed by atoms with Gasteiger partial charge in [-0.15, -0.1) is 6.42 Å². The fraction of sp³-hybridized carbons (Fsp3) is 0.292. The van der Waals surface area contributed by atoms with Gasteiger partial charge in [-0.3, -0.25) is 24.6 Å². The quantitative estimate of drug-likeness (QED) is 0.610. The van der Waals surface area contributed by atoms with Gasteiger partial charge in [-0.25, -0.2) is 4.90 Å². The third-order valence-electron chi connectivity index (χ3n) is 6.59. The first-order valence-electron chi connectivity index (χ1n) is 10.1. The van der Waals surface area contributed by atoms with E-state index in [9.17, 15) is 14.4 Å². The number of terminal acetylenes is 1. The maximum Gasteiger partial charge on any atom is 0.253 e. The summed E-state index contributed by atoms with van der Waals surface area (Å²) in [5.74, 6) is 0.342. The molecule has 3 aliphatic rings. The Balaban J connectivity index is 1.68. The fourth-order valence-electron chi connectivity index (χ4n) is 5.41. The molecule has 156 valence electrons. The average Bonchev–Trinajstić information content (AvgIpc) is 3.32. The summed E-state index contributed by atoms with van der Waals surface area (Å²) >= 11 is 0. The van der Waals surface area contributed by atoms with Crippen LogP contribution in [-0.4, -0.2) is 37.4 Å². The van der Waals surface area contributed by atoms with Crippen LogP contribution in [-0.2, 0) is 19.9 Å². The molecule has 7 nitrogen and oxygen atoms in total. The lowest BCUT2D eigenvalue weighted by molar-refractivity contribution is -0.132. The molecule has 2 aromatic rings. The van der Waals surface area contributed by atoms with Crippen molar-refractivity contribution in [2.45, 2.75) is 18.5 Å². The largest absolute Gasteiger partial charge is 0.495 e. The van der Waals surface area contributed by atoms with Gasteiger partial charge in [0.05, 0.1) is 36.9 Å². The molecule has 1 N–H and O–H groups in total. The van der Waals surface area contributed by atoms with E-state index in [1.807, 2.05) is 31.2 Å². The van der Waals surface area contributed by atoms with Gasteiger partial charge < -0.3 is 4.74 Å². The zero-order chi connectivity index (χ0) is 21.9. The smallest absolute Gasteiger partial charge is 0.253 e. The van der Waals surface area contributed by atoms with Crippen molar-refractivity contribution in [2.75, 3.05) is 23.5 Å². The highest BCUT2D eigenvalue weighted by Gasteiger charge is 2.71. The lowest BCUT2D eigenvalue weighted by atomic mass is 9.76. The van der Waals surface area contributed by atoms with Crippen LogP contribution >= 0.6 is 0 Å². The number of imide groups is 1. The summed E-state index contributed by atoms with van der Waals surface area (Å²) < 4.78 is 5.39. The molecule has 0 aliphatic carbocycles. The topological polar surface area (TPSA) is 79.0 Å². The highest BCUT2D eigenvalue weighted by molar-refractivity contribution is 6.26. The molecule has 1 spiro atoms. The number of para-hydroxylation sites is 3. The summed E-state index contributed by atoms with van der Waals surface area (Å²) in [6.07, 6.45) is 5.52. The third kappa shape index (κ3) is 2.31. The zero-order valence-electron chi connectivity index (χ0n) is 17.2. The van der Waals surface area contributed by atoms with Gasteiger partial charge in [0.2, 0.25) is 11.8 Å². The lowest BCUT2D eigenvalue weighted by Gasteiger charge is -2.30. The van der Waals surface area contributed by atoms with E-state index < -0.39 is 23.3 Å². The number of amides is 3. The molecule has 0 aromatic heterocycles. The van der Waals surface area contributed by atoms with E-state index in [1.54, 1.807) is 24.3 Å². The number of ether oxygens (including phenoxy) is 1. The molecular weight excluding hydrogens is 394 g/mol. The Morgan fingerprint density at radius 3 is 2.45 bits per heavy atom. The van der Waals surface area contributed by atoms with Gasteiger partial charge in [0, 0.05) is 11.6 Å². The highest BCUT2D eigenvalue weighted by Crippen LogP contribution is 2.55. The van der Waals surface area contributed by atoms with Gasteiger partial charge in [-0.05, 0) is 25.1 Å². The Morgan fingerprint density at radius 2 is 1.74 bits per heavy atom. The minimum Gasteiger partial charge on any atom is -0.495 e. The molecule has 2 saturated heterocycles. The number of fused-ring (bicyclic) bond motifs is 4. The standard InChI is InChI=1S/C24H21N3O4/c1-4-13-26-16-10-6-5-9-15(16)24(23(26)30)20-19(14(2)25-24)21(28)27(22(20)29)17-11-7-8-12-18(17)31-3/h1,5-12,14,19-20,25H,13H2,2-3H3/t14-,19+,20+,24+/m1/s1. The van der Waals surface area contributed by atoms with Gasteiger partial charge in [-0.2, -0.15) is 0 Å². The van der Waals surface area contributed by atoms with Crippen molar-refractivity contribution in [2.24, 2.45) is 11.8 Å². The molecule has 0 unspecified atom stereocenters. The minimum atomic E-state index is -1.33. The predicted octanol–water partition coefficient (Wildman–Crippen LogP) is 1.67. The maximum absolute atomic E-state index is 13.8. The second-order valence-corrected chi connectivity index (χ2v) is 8.04. The molecular formula is C24H21N3O4. The summed E-state index contributed by atoms with van der Waals surface area (Å²) in [5.41, 5.74) is 0.400. The van der Waals surface area contributed by atoms with E-state index in [4.69, 9.17) is 11.2 Å². The molecule has 0 bridgehead atoms. The lowest BCUT2D eigenvalue weighted by Crippen LogP contribution is -2.55. The summed E-state index contributed by atoms with van der Waals surface area (Å²) in [6.45, 7) is 1.92. The predicted molar refractivity (Wildman–Crippen MR) is 114 cm³/mol. The minimum absolute atomic E-state index is 0.0867. The number of carbonyl (C=O) groups is 3. The van der Waals surface area contributed by atoms with Crippen molar-refractivity contribution in [1.29, 1.82) is 0 Å². The number of anilines is 2. The van der Waals surface area contributed by atoms with Crippen LogP contribution in [0.2, 0.25) is 0 Å². The molecule has 3 aliphatic heterocycles. The molecule has 2 aromatic carbocycles. The summed E-state index contributed by atoms with van der Waals surface area (Å²) in [6, 6.07) is 13.8. The van der Waals surface area contributed by atoms with Gasteiger partial charge in [0.1, 0.15) is 11.3 Å². The Labute approximate surface area is 180 Å². The van der Waals surface area contributed by atoms with Crippen LogP contribution in [0, 0.1) is 24.2 Å². The second-order valence-electron chi connectivity index (χ2n) is 8.04. The summed E-state index contributed by atoms with van der Waals surface area (Å²) in [7, 11) is 1.49. The molecule has 0 saturated carbocycles. The van der Waals surface area contributed by atoms with Crippen molar-refractivity contribution >= 4 is 29.1 Å². The van der Waals surface area contributed by atoms with Crippen LogP contribution in [0.15, 0.2) is 48.5 Å². The maximum atomic E-state index is 13.8. The monoisotopic (exact) mass is 415 g/mol. The van der Waals surface area contributed by atoms with E-state index in [1.165, 1.54) is 16.9 Å². The number of benzene rings is 2. The molecule has 31 heavy (non-hydrogen) atoms. The number of hydrogen-bond donors (Lipinski definition) is 1. The van der Waals surface area contributed by atoms with Crippen molar-refractivity contribution in [3.8, 4) is 18.1 Å². The van der Waals surface area contributed by atoms with Crippen LogP contribution in [0.4, 0.5) is 11.4 Å². The first-order valence-corrected chi connectivity index (χ1v) is 10.1. The molecule has 4 atom stereocenters. The first-order chi connectivity index (χ1) is 15.0. The number of methoxy groups -OCH3 is 1. The van der Waals surface area contributed by atoms with Crippen LogP contribution in [0.5, 0.6) is 5.75 Å². The number of nitrogens with one attached hydrogen (secondary N) is 1. The van der Waals surface area contributed by atoms with Gasteiger partial charge in [0.15, 0.2) is 0 Å². The zero-order valence-corrected chi connectivity index (χ0v) is 17.2. The molecule has 5 rings (SSSR count). The number of hydrogen-bond acceptors (Lipinski definition) is 5. The fourth-order valence-corrected chi connectivity index (χ4v) is 5.41. The number of nitrogens with zero attached hydrogens (tertiary/aromatic N) is 2. The summed E-state index contributed by atoms with van der Waals surface area (Å²) in [5, 5.41) is 3.33. The van der Waals surface area contributed by atoms with Crippen LogP contribution in [0.25, 0.3) is 0 Å². The van der Waals surface area contributed by atoms with Gasteiger partial charge in [0.25, 0.3) is 5.91 Å². The van der Waals surface area contributed by atoms with Crippen LogP contribution < -0.4 is 19.9 Å². The Hall–Kier alpha value is -3.63. The van der Waals surface area contributed by atoms with Gasteiger partial charge >= 0.3 is 0 Å². The van der Waals surface area contributed by atoms with E-state index >= 15 is 0 Å². The van der Waals surface area contributed by atoms with E-state index in [0.29, 0.717) is 22.7 Å². The van der Waals surface area contributed by atoms with Crippen molar-refractivity contribution in [3.05, 3.63) is 54.1 Å². The molecule has 7 heteroatoms. The van der Waals surface area contributed by atoms with Crippen molar-refractivity contribution in [1.82, 2.24) is 5.32 Å². The normalized spacial score (nSPS) is 28.8. The highest BCUT2D eigenvalue weighted by atomic mass is 16.5. The first kappa shape index (κ1) is 19.3. The molecule has 3 amide bonds. The number of rotatable bonds is 3. The van der Waals surface area contributed by atoms with Gasteiger partial charge in [-0.1, -0.05) is 36.3 Å². The third-order valence-corrected chi connectivity index (χ3v) is 6.59. The summed E-state index contributed by atoms with van der Waals surface area (Å²) in [4.78, 5) is 43.7. The average molecular weight is 415 g/mol. The van der Waals surface area contributed by atoms with Crippen LogP contribution in [0.3, 0.4) is 0 Å². The van der Waals surface area contributed by atoms with E-state index in [2.05, 4.69) is 11.2 Å². The molecule has 3 heterocycles. The van der Waals surface area contributed by atoms with E-state index in [-0.39, 0.29) is 24.4 Å². The number of carbonyl (C=O) groups excluding carboxylic acids is 3. The Bertz CT molecular complexity index is 1170. The Kier molecular flexibility index (Phi) is 4.17.